The predicted octanol–water partition coefficient (Wildman–Crippen LogP) is 3.44. The van der Waals surface area contributed by atoms with Gasteiger partial charge in [0.25, 0.3) is 0 Å². The molecule has 0 heterocycles. The summed E-state index contributed by atoms with van der Waals surface area (Å²) in [7, 11) is 0. The van der Waals surface area contributed by atoms with Gasteiger partial charge >= 0.3 is 5.97 Å². The molecule has 24 heavy (non-hydrogen) atoms. The van der Waals surface area contributed by atoms with Crippen molar-refractivity contribution in [2.75, 3.05) is 13.2 Å². The minimum Gasteiger partial charge on any atom is -0.494 e. The Kier molecular flexibility index (Phi) is 6.14. The molecule has 5 nitrogen and oxygen atoms in total. The molecule has 0 unspecified atom stereocenters. The standard InChI is InChI=1S/C19H18O5/c1-2-23-16-10-6-15(7-11-16)18(20)12-5-14-3-8-17(9-4-14)24-13-19(21)22/h3-12H,2,13H2,1H3,(H,21,22)/b12-5+. The van der Waals surface area contributed by atoms with Crippen molar-refractivity contribution >= 4 is 17.8 Å². The molecule has 124 valence electrons. The van der Waals surface area contributed by atoms with Gasteiger partial charge in [0.05, 0.1) is 6.61 Å². The van der Waals surface area contributed by atoms with Gasteiger partial charge in [0, 0.05) is 5.56 Å². The molecular formula is C19H18O5. The molecule has 0 fully saturated rings. The Bertz CT molecular complexity index is 714. The first-order valence-electron chi connectivity index (χ1n) is 7.48. The highest BCUT2D eigenvalue weighted by Crippen LogP contribution is 2.15. The lowest BCUT2D eigenvalue weighted by Gasteiger charge is -2.03. The Balaban J connectivity index is 1.96. The van der Waals surface area contributed by atoms with Crippen LogP contribution in [-0.4, -0.2) is 30.1 Å². The molecule has 0 saturated heterocycles. The van der Waals surface area contributed by atoms with E-state index in [1.807, 2.05) is 6.92 Å². The van der Waals surface area contributed by atoms with E-state index in [1.54, 1.807) is 54.6 Å². The number of allylic oxidation sites excluding steroid dienone is 1. The Labute approximate surface area is 140 Å². The molecule has 0 saturated carbocycles. The Hall–Kier alpha value is -3.08. The number of carboxylic acids is 1. The van der Waals surface area contributed by atoms with Crippen LogP contribution in [0.3, 0.4) is 0 Å². The van der Waals surface area contributed by atoms with Gasteiger partial charge in [-0.1, -0.05) is 18.2 Å². The quantitative estimate of drug-likeness (QED) is 0.594. The van der Waals surface area contributed by atoms with Crippen molar-refractivity contribution in [2.45, 2.75) is 6.92 Å². The lowest BCUT2D eigenvalue weighted by molar-refractivity contribution is -0.139. The van der Waals surface area contributed by atoms with Crippen LogP contribution in [-0.2, 0) is 4.79 Å². The summed E-state index contributed by atoms with van der Waals surface area (Å²) >= 11 is 0. The number of benzene rings is 2. The van der Waals surface area contributed by atoms with Gasteiger partial charge in [0.15, 0.2) is 12.4 Å². The summed E-state index contributed by atoms with van der Waals surface area (Å²) in [4.78, 5) is 22.5. The van der Waals surface area contributed by atoms with E-state index in [0.717, 1.165) is 11.3 Å². The zero-order valence-corrected chi connectivity index (χ0v) is 13.3. The monoisotopic (exact) mass is 326 g/mol. The summed E-state index contributed by atoms with van der Waals surface area (Å²) in [5, 5.41) is 8.55. The second-order valence-electron chi connectivity index (χ2n) is 4.91. The summed E-state index contributed by atoms with van der Waals surface area (Å²) in [5.74, 6) is 0.0616. The first kappa shape index (κ1) is 17.3. The van der Waals surface area contributed by atoms with E-state index in [0.29, 0.717) is 17.9 Å². The second kappa shape index (κ2) is 8.53. The summed E-state index contributed by atoms with van der Waals surface area (Å²) in [6.45, 7) is 2.10. The molecule has 0 aliphatic carbocycles. The van der Waals surface area contributed by atoms with E-state index in [9.17, 15) is 9.59 Å². The zero-order chi connectivity index (χ0) is 17.4. The first-order valence-corrected chi connectivity index (χ1v) is 7.48. The van der Waals surface area contributed by atoms with E-state index < -0.39 is 5.97 Å². The van der Waals surface area contributed by atoms with Crippen molar-refractivity contribution in [1.29, 1.82) is 0 Å². The molecule has 0 spiro atoms. The van der Waals surface area contributed by atoms with Gasteiger partial charge in [-0.2, -0.15) is 0 Å². The van der Waals surface area contributed by atoms with Crippen LogP contribution in [0.1, 0.15) is 22.8 Å². The number of ketones is 1. The maximum atomic E-state index is 12.1. The Morgan fingerprint density at radius 3 is 2.12 bits per heavy atom. The molecule has 2 aromatic carbocycles. The van der Waals surface area contributed by atoms with E-state index in [1.165, 1.54) is 6.08 Å². The lowest BCUT2D eigenvalue weighted by atomic mass is 10.1. The Morgan fingerprint density at radius 1 is 0.958 bits per heavy atom. The highest BCUT2D eigenvalue weighted by Gasteiger charge is 2.02. The molecule has 0 aliphatic rings. The molecule has 0 aliphatic heterocycles. The number of hydrogen-bond donors (Lipinski definition) is 1. The normalized spacial score (nSPS) is 10.5. The smallest absolute Gasteiger partial charge is 0.341 e. The van der Waals surface area contributed by atoms with E-state index >= 15 is 0 Å². The summed E-state index contributed by atoms with van der Waals surface area (Å²) in [6, 6.07) is 13.8. The van der Waals surface area contributed by atoms with Crippen molar-refractivity contribution in [2.24, 2.45) is 0 Å². The van der Waals surface area contributed by atoms with E-state index in [-0.39, 0.29) is 12.4 Å². The third kappa shape index (κ3) is 5.28. The Morgan fingerprint density at radius 2 is 1.54 bits per heavy atom. The minimum atomic E-state index is -1.03. The molecular weight excluding hydrogens is 308 g/mol. The van der Waals surface area contributed by atoms with Crippen LogP contribution >= 0.6 is 0 Å². The zero-order valence-electron chi connectivity index (χ0n) is 13.3. The predicted molar refractivity (Wildman–Crippen MR) is 90.5 cm³/mol. The molecule has 0 radical (unpaired) electrons. The lowest BCUT2D eigenvalue weighted by Crippen LogP contribution is -2.09. The average molecular weight is 326 g/mol. The summed E-state index contributed by atoms with van der Waals surface area (Å²) in [5.41, 5.74) is 1.40. The van der Waals surface area contributed by atoms with E-state index in [4.69, 9.17) is 14.6 Å². The number of carboxylic acid groups (broad SMARTS) is 1. The maximum absolute atomic E-state index is 12.1. The fraction of sp³-hybridized carbons (Fsp3) is 0.158. The topological polar surface area (TPSA) is 72.8 Å². The summed E-state index contributed by atoms with van der Waals surface area (Å²) < 4.78 is 10.4. The van der Waals surface area contributed by atoms with Crippen LogP contribution in [0.15, 0.2) is 54.6 Å². The number of rotatable bonds is 8. The van der Waals surface area contributed by atoms with Gasteiger partial charge in [-0.3, -0.25) is 4.79 Å². The molecule has 2 rings (SSSR count). The van der Waals surface area contributed by atoms with Crippen LogP contribution in [0.4, 0.5) is 0 Å². The average Bonchev–Trinajstić information content (AvgIpc) is 2.59. The SMILES string of the molecule is CCOc1ccc(C(=O)/C=C/c2ccc(OCC(=O)O)cc2)cc1. The van der Waals surface area contributed by atoms with Crippen LogP contribution in [0.25, 0.3) is 6.08 Å². The number of ether oxygens (including phenoxy) is 2. The molecule has 0 bridgehead atoms. The van der Waals surface area contributed by atoms with Gasteiger partial charge in [0.2, 0.25) is 0 Å². The molecule has 2 aromatic rings. The third-order valence-electron chi connectivity index (χ3n) is 3.12. The second-order valence-corrected chi connectivity index (χ2v) is 4.91. The fourth-order valence-corrected chi connectivity index (χ4v) is 1.97. The molecule has 1 N–H and O–H groups in total. The van der Waals surface area contributed by atoms with Crippen molar-refractivity contribution < 1.29 is 24.2 Å². The molecule has 5 heteroatoms. The molecule has 0 aromatic heterocycles. The number of aliphatic carboxylic acids is 1. The number of hydrogen-bond acceptors (Lipinski definition) is 4. The van der Waals surface area contributed by atoms with Crippen molar-refractivity contribution in [3.05, 3.63) is 65.7 Å². The van der Waals surface area contributed by atoms with Crippen molar-refractivity contribution in [3.63, 3.8) is 0 Å². The third-order valence-corrected chi connectivity index (χ3v) is 3.12. The first-order chi connectivity index (χ1) is 11.6. The number of carbonyl (C=O) groups is 2. The fourth-order valence-electron chi connectivity index (χ4n) is 1.97. The van der Waals surface area contributed by atoms with Crippen LogP contribution in [0, 0.1) is 0 Å². The minimum absolute atomic E-state index is 0.107. The number of carbonyl (C=O) groups excluding carboxylic acids is 1. The van der Waals surface area contributed by atoms with E-state index in [2.05, 4.69) is 0 Å². The molecule has 0 atom stereocenters. The highest BCUT2D eigenvalue weighted by atomic mass is 16.5. The highest BCUT2D eigenvalue weighted by molar-refractivity contribution is 6.06. The van der Waals surface area contributed by atoms with Crippen LogP contribution in [0.5, 0.6) is 11.5 Å². The van der Waals surface area contributed by atoms with Gasteiger partial charge in [0.1, 0.15) is 11.5 Å². The van der Waals surface area contributed by atoms with Crippen molar-refractivity contribution in [1.82, 2.24) is 0 Å². The van der Waals surface area contributed by atoms with Gasteiger partial charge in [-0.05, 0) is 55.0 Å². The van der Waals surface area contributed by atoms with Gasteiger partial charge < -0.3 is 14.6 Å². The van der Waals surface area contributed by atoms with Gasteiger partial charge in [-0.15, -0.1) is 0 Å². The largest absolute Gasteiger partial charge is 0.494 e. The van der Waals surface area contributed by atoms with Crippen LogP contribution in [0.2, 0.25) is 0 Å². The molecule has 0 amide bonds. The van der Waals surface area contributed by atoms with Crippen LogP contribution < -0.4 is 9.47 Å². The maximum Gasteiger partial charge on any atom is 0.341 e. The summed E-state index contributed by atoms with van der Waals surface area (Å²) in [6.07, 6.45) is 3.18. The van der Waals surface area contributed by atoms with Gasteiger partial charge in [-0.25, -0.2) is 4.79 Å². The van der Waals surface area contributed by atoms with Crippen molar-refractivity contribution in [3.8, 4) is 11.5 Å².